The maximum absolute atomic E-state index is 13.7. The molecule has 43 heavy (non-hydrogen) atoms. The second-order valence-electron chi connectivity index (χ2n) is 14.1. The van der Waals surface area contributed by atoms with Crippen molar-refractivity contribution in [2.75, 3.05) is 17.8 Å². The second kappa shape index (κ2) is 10.9. The Morgan fingerprint density at radius 2 is 1.70 bits per heavy atom. The Morgan fingerprint density at radius 1 is 0.977 bits per heavy atom. The van der Waals surface area contributed by atoms with Crippen molar-refractivity contribution >= 4 is 16.0 Å². The number of nitrogens with zero attached hydrogens (tertiary/aromatic N) is 3. The van der Waals surface area contributed by atoms with Crippen LogP contribution in [0.1, 0.15) is 81.4 Å². The van der Waals surface area contributed by atoms with Crippen LogP contribution in [-0.2, 0) is 10.0 Å². The van der Waals surface area contributed by atoms with Crippen molar-refractivity contribution < 1.29 is 13.2 Å². The third kappa shape index (κ3) is 5.46. The summed E-state index contributed by atoms with van der Waals surface area (Å²) in [5.74, 6) is 1.45. The van der Waals surface area contributed by atoms with E-state index in [1.807, 2.05) is 50.2 Å². The summed E-state index contributed by atoms with van der Waals surface area (Å²) in [5, 5.41) is 0. The summed E-state index contributed by atoms with van der Waals surface area (Å²) in [5.41, 5.74) is 5.40. The number of aromatic nitrogens is 2. The van der Waals surface area contributed by atoms with E-state index in [1.54, 1.807) is 6.07 Å². The fraction of sp³-hybridized carbons (Fsp3) is 0.543. The summed E-state index contributed by atoms with van der Waals surface area (Å²) >= 11 is 0. The van der Waals surface area contributed by atoms with E-state index >= 15 is 0 Å². The van der Waals surface area contributed by atoms with Gasteiger partial charge in [0.1, 0.15) is 6.10 Å². The van der Waals surface area contributed by atoms with Crippen LogP contribution in [0.2, 0.25) is 0 Å². The van der Waals surface area contributed by atoms with Crippen LogP contribution in [0.25, 0.3) is 11.3 Å². The van der Waals surface area contributed by atoms with Crippen molar-refractivity contribution in [2.24, 2.45) is 17.3 Å². The lowest BCUT2D eigenvalue weighted by atomic mass is 9.63. The van der Waals surface area contributed by atoms with Gasteiger partial charge in [-0.25, -0.2) is 18.1 Å². The molecule has 228 valence electrons. The van der Waals surface area contributed by atoms with Crippen LogP contribution in [0.15, 0.2) is 53.4 Å². The summed E-state index contributed by atoms with van der Waals surface area (Å²) in [4.78, 5) is 12.3. The smallest absolute Gasteiger partial charge is 0.264 e. The molecule has 1 aromatic heterocycles. The Balaban J connectivity index is 1.33. The van der Waals surface area contributed by atoms with Gasteiger partial charge in [-0.3, -0.25) is 4.90 Å². The number of aryl methyl sites for hydroxylation is 2. The van der Waals surface area contributed by atoms with Crippen molar-refractivity contribution in [3.05, 3.63) is 65.2 Å². The highest BCUT2D eigenvalue weighted by molar-refractivity contribution is 7.92. The van der Waals surface area contributed by atoms with Crippen LogP contribution in [0.4, 0.5) is 5.95 Å². The van der Waals surface area contributed by atoms with Crippen LogP contribution in [0.3, 0.4) is 0 Å². The third-order valence-electron chi connectivity index (χ3n) is 10.8. The lowest BCUT2D eigenvalue weighted by Gasteiger charge is -2.51. The Kier molecular flexibility index (Phi) is 7.28. The van der Waals surface area contributed by atoms with E-state index in [2.05, 4.69) is 34.5 Å². The maximum Gasteiger partial charge on any atom is 0.264 e. The van der Waals surface area contributed by atoms with Crippen LogP contribution < -0.4 is 9.46 Å². The van der Waals surface area contributed by atoms with Gasteiger partial charge in [-0.15, -0.1) is 0 Å². The zero-order chi connectivity index (χ0) is 29.9. The number of hydrogen-bond acceptors (Lipinski definition) is 6. The topological polar surface area (TPSA) is 84.4 Å². The molecule has 1 spiro atoms. The second-order valence-corrected chi connectivity index (χ2v) is 15.8. The van der Waals surface area contributed by atoms with Crippen LogP contribution in [0, 0.1) is 31.1 Å². The molecule has 4 aliphatic rings. The molecule has 0 radical (unpaired) electrons. The van der Waals surface area contributed by atoms with Gasteiger partial charge in [0, 0.05) is 30.8 Å². The SMILES string of the molecule is Cc1cccc(C)c1-c1cc2nc(n1)NS(=O)(=O)c1cccc(c1)C1C[C@@H](CN(C3CC4(CCCC4)C3)C[C@@H]1C(C)C)O2. The summed E-state index contributed by atoms with van der Waals surface area (Å²) < 4.78 is 36.9. The monoisotopic (exact) mass is 600 g/mol. The molecule has 7 rings (SSSR count). The molecule has 0 amide bonds. The van der Waals surface area contributed by atoms with Crippen LogP contribution >= 0.6 is 0 Å². The van der Waals surface area contributed by atoms with Gasteiger partial charge in [0.2, 0.25) is 11.8 Å². The predicted molar refractivity (Wildman–Crippen MR) is 170 cm³/mol. The summed E-state index contributed by atoms with van der Waals surface area (Å²) in [6.45, 7) is 10.6. The normalized spacial score (nSPS) is 27.7. The van der Waals surface area contributed by atoms with Gasteiger partial charge in [0.05, 0.1) is 10.6 Å². The highest BCUT2D eigenvalue weighted by Gasteiger charge is 2.49. The average molecular weight is 601 g/mol. The lowest BCUT2D eigenvalue weighted by molar-refractivity contribution is -0.0147. The largest absolute Gasteiger partial charge is 0.473 e. The molecule has 1 N–H and O–H groups in total. The van der Waals surface area contributed by atoms with Crippen molar-refractivity contribution in [3.8, 4) is 17.1 Å². The first-order valence-corrected chi connectivity index (χ1v) is 17.6. The minimum absolute atomic E-state index is 0.0328. The number of fused-ring (bicyclic) bond motifs is 7. The number of anilines is 1. The van der Waals surface area contributed by atoms with Crippen molar-refractivity contribution in [3.63, 3.8) is 0 Å². The number of rotatable bonds is 3. The van der Waals surface area contributed by atoms with Gasteiger partial charge < -0.3 is 4.74 Å². The van der Waals surface area contributed by atoms with Gasteiger partial charge in [-0.1, -0.05) is 57.0 Å². The molecule has 2 saturated carbocycles. The van der Waals surface area contributed by atoms with E-state index in [1.165, 1.54) is 38.5 Å². The van der Waals surface area contributed by atoms with Crippen molar-refractivity contribution in [1.82, 2.24) is 14.9 Å². The average Bonchev–Trinajstić information content (AvgIpc) is 3.35. The zero-order valence-electron chi connectivity index (χ0n) is 25.8. The molecule has 7 nitrogen and oxygen atoms in total. The maximum atomic E-state index is 13.7. The van der Waals surface area contributed by atoms with E-state index in [0.717, 1.165) is 41.8 Å². The van der Waals surface area contributed by atoms with Crippen molar-refractivity contribution in [2.45, 2.75) is 95.6 Å². The summed E-state index contributed by atoms with van der Waals surface area (Å²) in [6, 6.07) is 16.1. The summed E-state index contributed by atoms with van der Waals surface area (Å²) in [6.07, 6.45) is 8.83. The van der Waals surface area contributed by atoms with E-state index in [-0.39, 0.29) is 22.9 Å². The first-order chi connectivity index (χ1) is 20.6. The molecule has 3 heterocycles. The lowest BCUT2D eigenvalue weighted by Crippen LogP contribution is -2.53. The zero-order valence-corrected chi connectivity index (χ0v) is 26.7. The molecule has 2 aliphatic carbocycles. The van der Waals surface area contributed by atoms with Gasteiger partial charge in [-0.2, -0.15) is 4.98 Å². The van der Waals surface area contributed by atoms with E-state index in [0.29, 0.717) is 34.9 Å². The fourth-order valence-corrected chi connectivity index (χ4v) is 9.58. The number of hydrogen-bond donors (Lipinski definition) is 1. The Hall–Kier alpha value is -2.97. The molecular formula is C35H44N4O3S. The highest BCUT2D eigenvalue weighted by Crippen LogP contribution is 2.55. The molecule has 8 heteroatoms. The van der Waals surface area contributed by atoms with Gasteiger partial charge in [0.15, 0.2) is 0 Å². The predicted octanol–water partition coefficient (Wildman–Crippen LogP) is 7.11. The van der Waals surface area contributed by atoms with E-state index in [9.17, 15) is 8.42 Å². The molecule has 2 aromatic carbocycles. The Bertz CT molecular complexity index is 1600. The number of likely N-dealkylation sites (tertiary alicyclic amines) is 1. The quantitative estimate of drug-likeness (QED) is 0.345. The van der Waals surface area contributed by atoms with Gasteiger partial charge in [0.25, 0.3) is 10.0 Å². The minimum Gasteiger partial charge on any atom is -0.473 e. The molecule has 1 saturated heterocycles. The molecule has 3 atom stereocenters. The van der Waals surface area contributed by atoms with E-state index in [4.69, 9.17) is 9.72 Å². The molecule has 3 aromatic rings. The number of benzene rings is 2. The minimum atomic E-state index is -3.91. The molecule has 2 aliphatic heterocycles. The first-order valence-electron chi connectivity index (χ1n) is 16.1. The highest BCUT2D eigenvalue weighted by atomic mass is 32.2. The standard InChI is InChI=1S/C35H44N4O3S/c1-22(2)30-21-39(26-18-35(19-26)13-5-6-14-35)20-27-16-29(30)25-11-8-12-28(15-25)43(40,41)38-34-36-31(17-32(37-34)42-27)33-23(3)9-7-10-24(33)4/h7-12,15,17,22,26-27,29-30H,5-6,13-14,16,18-21H2,1-4H3,(H,36,37,38)/t27-,29?,30+/m0/s1. The number of sulfonamides is 1. The summed E-state index contributed by atoms with van der Waals surface area (Å²) in [7, 11) is -3.91. The Labute approximate surface area is 256 Å². The van der Waals surface area contributed by atoms with E-state index < -0.39 is 10.0 Å². The van der Waals surface area contributed by atoms with Crippen LogP contribution in [-0.4, -0.2) is 48.5 Å². The third-order valence-corrected chi connectivity index (χ3v) is 12.2. The number of ether oxygens (including phenoxy) is 1. The van der Waals surface area contributed by atoms with Gasteiger partial charge in [-0.05, 0) is 97.9 Å². The first kappa shape index (κ1) is 28.8. The van der Waals surface area contributed by atoms with Crippen molar-refractivity contribution in [1.29, 1.82) is 0 Å². The van der Waals surface area contributed by atoms with Crippen LogP contribution in [0.5, 0.6) is 5.88 Å². The molecule has 3 fully saturated rings. The molecule has 6 bridgehead atoms. The Morgan fingerprint density at radius 3 is 2.42 bits per heavy atom. The van der Waals surface area contributed by atoms with Gasteiger partial charge >= 0.3 is 0 Å². The molecular weight excluding hydrogens is 556 g/mol. The number of nitrogens with one attached hydrogen (secondary N) is 1. The fourth-order valence-electron chi connectivity index (χ4n) is 8.58. The molecule has 1 unspecified atom stereocenters.